The largest absolute Gasteiger partial charge is 0.315 e. The van der Waals surface area contributed by atoms with E-state index in [-0.39, 0.29) is 6.04 Å². The van der Waals surface area contributed by atoms with Gasteiger partial charge in [-0.2, -0.15) is 13.5 Å². The highest BCUT2D eigenvalue weighted by Crippen LogP contribution is 2.21. The molecule has 1 aromatic rings. The summed E-state index contributed by atoms with van der Waals surface area (Å²) in [6.45, 7) is 1.54. The summed E-state index contributed by atoms with van der Waals surface area (Å²) in [7, 11) is -2.02. The van der Waals surface area contributed by atoms with Crippen LogP contribution in [0.3, 0.4) is 0 Å². The topological polar surface area (TPSA) is 93.2 Å². The number of nitrogens with zero attached hydrogens (tertiary/aromatic N) is 3. The van der Waals surface area contributed by atoms with Crippen molar-refractivity contribution in [3.05, 3.63) is 12.4 Å². The third-order valence-corrected chi connectivity index (χ3v) is 3.88. The molecule has 0 radical (unpaired) electrons. The molecular formula is C9H17N5O2S. The molecule has 3 N–H and O–H groups in total. The minimum atomic E-state index is -3.76. The molecule has 1 saturated heterocycles. The Kier molecular flexibility index (Phi) is 3.36. The molecule has 2 rings (SSSR count). The lowest BCUT2D eigenvalue weighted by atomic mass is 10.1. The molecule has 0 aliphatic carbocycles. The van der Waals surface area contributed by atoms with Crippen LogP contribution in [0.1, 0.15) is 12.8 Å². The summed E-state index contributed by atoms with van der Waals surface area (Å²) in [5, 5.41) is 12.4. The summed E-state index contributed by atoms with van der Waals surface area (Å²) < 4.78 is 26.2. The van der Waals surface area contributed by atoms with Gasteiger partial charge in [-0.1, -0.05) is 0 Å². The lowest BCUT2D eigenvalue weighted by Crippen LogP contribution is -2.51. The van der Waals surface area contributed by atoms with E-state index in [0.29, 0.717) is 12.2 Å². The highest BCUT2D eigenvalue weighted by Gasteiger charge is 2.29. The molecule has 0 spiro atoms. The van der Waals surface area contributed by atoms with Crippen molar-refractivity contribution in [3.8, 4) is 0 Å². The SMILES string of the molecule is Cn1cc(N([C@H]2CCCNC2)S(N)(=O)=O)cn1. The molecule has 17 heavy (non-hydrogen) atoms. The van der Waals surface area contributed by atoms with E-state index in [4.69, 9.17) is 5.14 Å². The Morgan fingerprint density at radius 1 is 1.65 bits per heavy atom. The van der Waals surface area contributed by atoms with Gasteiger partial charge >= 0.3 is 0 Å². The molecular weight excluding hydrogens is 242 g/mol. The fourth-order valence-corrected chi connectivity index (χ4v) is 3.10. The molecule has 0 amide bonds. The van der Waals surface area contributed by atoms with Crippen LogP contribution in [0.4, 0.5) is 5.69 Å². The summed E-state index contributed by atoms with van der Waals surface area (Å²) in [5.74, 6) is 0. The van der Waals surface area contributed by atoms with Crippen molar-refractivity contribution >= 4 is 15.9 Å². The van der Waals surface area contributed by atoms with E-state index in [1.54, 1.807) is 17.9 Å². The van der Waals surface area contributed by atoms with Gasteiger partial charge in [0.25, 0.3) is 10.2 Å². The van der Waals surface area contributed by atoms with Gasteiger partial charge in [-0.05, 0) is 19.4 Å². The summed E-state index contributed by atoms with van der Waals surface area (Å²) in [5.41, 5.74) is 0.517. The number of rotatable bonds is 3. The van der Waals surface area contributed by atoms with Gasteiger partial charge in [0.1, 0.15) is 0 Å². The molecule has 2 heterocycles. The average Bonchev–Trinajstić information content (AvgIpc) is 2.64. The highest BCUT2D eigenvalue weighted by atomic mass is 32.2. The van der Waals surface area contributed by atoms with Gasteiger partial charge in [0.2, 0.25) is 0 Å². The van der Waals surface area contributed by atoms with Gasteiger partial charge in [0.05, 0.1) is 17.9 Å². The minimum absolute atomic E-state index is 0.136. The van der Waals surface area contributed by atoms with Crippen LogP contribution < -0.4 is 14.8 Å². The number of aromatic nitrogens is 2. The Bertz CT molecular complexity index is 477. The van der Waals surface area contributed by atoms with E-state index >= 15 is 0 Å². The van der Waals surface area contributed by atoms with Gasteiger partial charge in [-0.25, -0.2) is 5.14 Å². The van der Waals surface area contributed by atoms with E-state index < -0.39 is 10.2 Å². The molecule has 0 unspecified atom stereocenters. The summed E-state index contributed by atoms with van der Waals surface area (Å²) in [4.78, 5) is 0. The number of hydrogen-bond acceptors (Lipinski definition) is 4. The first-order valence-electron chi connectivity index (χ1n) is 5.50. The van der Waals surface area contributed by atoms with Crippen LogP contribution in [-0.4, -0.2) is 37.3 Å². The van der Waals surface area contributed by atoms with Crippen molar-refractivity contribution in [2.45, 2.75) is 18.9 Å². The quantitative estimate of drug-likeness (QED) is 0.742. The Hall–Kier alpha value is -1.12. The van der Waals surface area contributed by atoms with E-state index in [1.807, 2.05) is 0 Å². The third kappa shape index (κ3) is 2.76. The Morgan fingerprint density at radius 3 is 2.88 bits per heavy atom. The molecule has 0 saturated carbocycles. The van der Waals surface area contributed by atoms with E-state index in [9.17, 15) is 8.42 Å². The lowest BCUT2D eigenvalue weighted by Gasteiger charge is -2.32. The molecule has 1 atom stereocenters. The molecule has 0 aromatic carbocycles. The Morgan fingerprint density at radius 2 is 2.41 bits per heavy atom. The van der Waals surface area contributed by atoms with Crippen LogP contribution in [0.15, 0.2) is 12.4 Å². The number of aryl methyl sites for hydroxylation is 1. The van der Waals surface area contributed by atoms with E-state index in [1.165, 1.54) is 10.5 Å². The number of nitrogens with one attached hydrogen (secondary N) is 1. The molecule has 1 fully saturated rings. The van der Waals surface area contributed by atoms with Gasteiger partial charge in [-0.3, -0.25) is 8.99 Å². The first kappa shape index (κ1) is 12.3. The second-order valence-electron chi connectivity index (χ2n) is 4.21. The maximum absolute atomic E-state index is 11.7. The Labute approximate surface area is 101 Å². The predicted octanol–water partition coefficient (Wildman–Crippen LogP) is -0.818. The third-order valence-electron chi connectivity index (χ3n) is 2.82. The zero-order chi connectivity index (χ0) is 12.5. The monoisotopic (exact) mass is 259 g/mol. The van der Waals surface area contributed by atoms with Crippen LogP contribution in [0.2, 0.25) is 0 Å². The smallest absolute Gasteiger partial charge is 0.299 e. The fourth-order valence-electron chi connectivity index (χ4n) is 2.12. The number of anilines is 1. The molecule has 0 bridgehead atoms. The van der Waals surface area contributed by atoms with Crippen LogP contribution in [0.25, 0.3) is 0 Å². The highest BCUT2D eigenvalue weighted by molar-refractivity contribution is 7.90. The van der Waals surface area contributed by atoms with Gasteiger partial charge in [0, 0.05) is 19.8 Å². The van der Waals surface area contributed by atoms with Crippen molar-refractivity contribution in [1.82, 2.24) is 15.1 Å². The van der Waals surface area contributed by atoms with E-state index in [2.05, 4.69) is 10.4 Å². The molecule has 96 valence electrons. The lowest BCUT2D eigenvalue weighted by molar-refractivity contribution is 0.454. The van der Waals surface area contributed by atoms with Crippen LogP contribution in [0.5, 0.6) is 0 Å². The van der Waals surface area contributed by atoms with Crippen molar-refractivity contribution in [2.24, 2.45) is 12.2 Å². The molecule has 8 heteroatoms. The number of piperidine rings is 1. The summed E-state index contributed by atoms with van der Waals surface area (Å²) >= 11 is 0. The zero-order valence-corrected chi connectivity index (χ0v) is 10.5. The summed E-state index contributed by atoms with van der Waals surface area (Å²) in [6, 6.07) is -0.136. The summed E-state index contributed by atoms with van der Waals surface area (Å²) in [6.07, 6.45) is 4.91. The molecule has 7 nitrogen and oxygen atoms in total. The van der Waals surface area contributed by atoms with Crippen molar-refractivity contribution in [1.29, 1.82) is 0 Å². The minimum Gasteiger partial charge on any atom is -0.315 e. The predicted molar refractivity (Wildman–Crippen MR) is 64.7 cm³/mol. The maximum atomic E-state index is 11.7. The van der Waals surface area contributed by atoms with Crippen LogP contribution in [0, 0.1) is 0 Å². The number of hydrogen-bond donors (Lipinski definition) is 2. The average molecular weight is 259 g/mol. The first-order chi connectivity index (χ1) is 7.98. The second kappa shape index (κ2) is 4.63. The van der Waals surface area contributed by atoms with Crippen molar-refractivity contribution < 1.29 is 8.42 Å². The van der Waals surface area contributed by atoms with E-state index in [0.717, 1.165) is 19.4 Å². The van der Waals surface area contributed by atoms with Gasteiger partial charge in [0.15, 0.2) is 0 Å². The zero-order valence-electron chi connectivity index (χ0n) is 9.70. The second-order valence-corrected chi connectivity index (χ2v) is 5.64. The maximum Gasteiger partial charge on any atom is 0.299 e. The van der Waals surface area contributed by atoms with Crippen molar-refractivity contribution in [3.63, 3.8) is 0 Å². The van der Waals surface area contributed by atoms with Gasteiger partial charge < -0.3 is 5.32 Å². The standard InChI is InChI=1S/C9H17N5O2S/c1-13-7-9(6-12-13)14(17(10,15)16)8-3-2-4-11-5-8/h6-8,11H,2-5H2,1H3,(H2,10,15,16)/t8-/m0/s1. The van der Waals surface area contributed by atoms with Crippen molar-refractivity contribution in [2.75, 3.05) is 17.4 Å². The van der Waals surface area contributed by atoms with Crippen LogP contribution in [-0.2, 0) is 17.3 Å². The molecule has 1 aliphatic heterocycles. The van der Waals surface area contributed by atoms with Gasteiger partial charge in [-0.15, -0.1) is 0 Å². The molecule has 1 aromatic heterocycles. The fraction of sp³-hybridized carbons (Fsp3) is 0.667. The van der Waals surface area contributed by atoms with Crippen LogP contribution >= 0.6 is 0 Å². The first-order valence-corrected chi connectivity index (χ1v) is 7.00. The molecule has 1 aliphatic rings. The Balaban J connectivity index is 2.31. The normalized spacial score (nSPS) is 21.4. The number of nitrogens with two attached hydrogens (primary N) is 1.